The Hall–Kier alpha value is -6.02. The fraction of sp³-hybridized carbons (Fsp3) is 0.154. The third-order valence-electron chi connectivity index (χ3n) is 8.56. The van der Waals surface area contributed by atoms with Gasteiger partial charge in [-0.05, 0) is 78.2 Å². The van der Waals surface area contributed by atoms with Crippen LogP contribution in [0.25, 0.3) is 20.4 Å². The smallest absolute Gasteiger partial charge is 0.325 e. The average molecular weight is 852 g/mol. The summed E-state index contributed by atoms with van der Waals surface area (Å²) in [5, 5.41) is 2.28. The molecule has 58 heavy (non-hydrogen) atoms. The highest BCUT2D eigenvalue weighted by molar-refractivity contribution is 7.88. The van der Waals surface area contributed by atoms with Crippen molar-refractivity contribution in [1.29, 1.82) is 0 Å². The summed E-state index contributed by atoms with van der Waals surface area (Å²) in [5.74, 6) is -5.57. The predicted molar refractivity (Wildman–Crippen MR) is 216 cm³/mol. The van der Waals surface area contributed by atoms with Gasteiger partial charge in [0.05, 0.1) is 31.5 Å². The van der Waals surface area contributed by atoms with Gasteiger partial charge in [-0.2, -0.15) is 13.1 Å². The zero-order valence-corrected chi connectivity index (χ0v) is 32.7. The molecule has 19 heteroatoms. The SMILES string of the molecule is C=CCN(C(=O)[C@H](Cc1cc(F)cc(F)c1)NC(=O)NS(=O)(=O)N[C@@H](Cc1cc(F)cc(F)c1)C(=O)N(CC=C)c1ccc2scnc2c1)c1ccc2scnc2c1. The van der Waals surface area contributed by atoms with Gasteiger partial charge in [-0.3, -0.25) is 9.59 Å². The number of benzene rings is 4. The maximum Gasteiger partial charge on any atom is 0.330 e. The van der Waals surface area contributed by atoms with E-state index in [0.29, 0.717) is 34.5 Å². The summed E-state index contributed by atoms with van der Waals surface area (Å²) >= 11 is 2.72. The van der Waals surface area contributed by atoms with Gasteiger partial charge < -0.3 is 15.1 Å². The minimum atomic E-state index is -5.03. The molecular weight excluding hydrogens is 819 g/mol. The summed E-state index contributed by atoms with van der Waals surface area (Å²) in [6, 6.07) is 9.99. The van der Waals surface area contributed by atoms with Crippen LogP contribution in [0.15, 0.2) is 109 Å². The third kappa shape index (κ3) is 10.3. The number of fused-ring (bicyclic) bond motifs is 2. The van der Waals surface area contributed by atoms with Crippen LogP contribution in [0.3, 0.4) is 0 Å². The maximum absolute atomic E-state index is 14.3. The lowest BCUT2D eigenvalue weighted by atomic mass is 10.0. The number of hydrogen-bond donors (Lipinski definition) is 3. The average Bonchev–Trinajstić information content (AvgIpc) is 3.83. The monoisotopic (exact) mass is 851 g/mol. The van der Waals surface area contributed by atoms with E-state index >= 15 is 0 Å². The van der Waals surface area contributed by atoms with E-state index in [1.807, 2.05) is 0 Å². The van der Waals surface area contributed by atoms with Crippen molar-refractivity contribution in [3.8, 4) is 0 Å². The molecule has 4 aromatic carbocycles. The number of rotatable bonds is 16. The van der Waals surface area contributed by atoms with Gasteiger partial charge in [0, 0.05) is 43.0 Å². The molecule has 12 nitrogen and oxygen atoms in total. The predicted octanol–water partition coefficient (Wildman–Crippen LogP) is 6.56. The topological polar surface area (TPSA) is 154 Å². The van der Waals surface area contributed by atoms with Crippen LogP contribution in [0.1, 0.15) is 11.1 Å². The van der Waals surface area contributed by atoms with Gasteiger partial charge >= 0.3 is 16.2 Å². The highest BCUT2D eigenvalue weighted by Crippen LogP contribution is 2.27. The Morgan fingerprint density at radius 1 is 0.672 bits per heavy atom. The molecule has 2 heterocycles. The normalized spacial score (nSPS) is 12.5. The Balaban J connectivity index is 1.28. The number of hydrogen-bond acceptors (Lipinski definition) is 9. The lowest BCUT2D eigenvalue weighted by Crippen LogP contribution is -2.57. The zero-order chi connectivity index (χ0) is 41.6. The van der Waals surface area contributed by atoms with Crippen LogP contribution in [0, 0.1) is 23.3 Å². The summed E-state index contributed by atoms with van der Waals surface area (Å²) in [7, 11) is -5.03. The molecule has 6 rings (SSSR count). The summed E-state index contributed by atoms with van der Waals surface area (Å²) in [4.78, 5) is 52.8. The zero-order valence-electron chi connectivity index (χ0n) is 30.2. The van der Waals surface area contributed by atoms with Crippen molar-refractivity contribution in [3.05, 3.63) is 144 Å². The van der Waals surface area contributed by atoms with E-state index in [2.05, 4.69) is 33.2 Å². The van der Waals surface area contributed by atoms with E-state index in [4.69, 9.17) is 0 Å². The van der Waals surface area contributed by atoms with E-state index in [1.54, 1.807) is 52.1 Å². The molecule has 300 valence electrons. The highest BCUT2D eigenvalue weighted by Gasteiger charge is 2.33. The van der Waals surface area contributed by atoms with Gasteiger partial charge in [-0.15, -0.1) is 35.8 Å². The van der Waals surface area contributed by atoms with Crippen molar-refractivity contribution in [2.45, 2.75) is 24.9 Å². The molecule has 0 aliphatic rings. The lowest BCUT2D eigenvalue weighted by Gasteiger charge is -2.28. The number of nitrogens with zero attached hydrogens (tertiary/aromatic N) is 4. The van der Waals surface area contributed by atoms with Gasteiger partial charge in [-0.25, -0.2) is 37.0 Å². The van der Waals surface area contributed by atoms with E-state index in [0.717, 1.165) is 33.7 Å². The van der Waals surface area contributed by atoms with E-state index < -0.39 is 76.2 Å². The third-order valence-corrected chi connectivity index (χ3v) is 11.2. The first kappa shape index (κ1) is 41.6. The van der Waals surface area contributed by atoms with Gasteiger partial charge in [0.25, 0.3) is 0 Å². The summed E-state index contributed by atoms with van der Waals surface area (Å²) in [6.45, 7) is 7.17. The Labute approximate surface area is 337 Å². The number of aromatic nitrogens is 2. The number of nitrogens with one attached hydrogen (secondary N) is 3. The van der Waals surface area contributed by atoms with Gasteiger partial charge in [0.1, 0.15) is 35.4 Å². The highest BCUT2D eigenvalue weighted by atomic mass is 32.2. The number of halogens is 4. The van der Waals surface area contributed by atoms with Crippen molar-refractivity contribution in [1.82, 2.24) is 24.7 Å². The maximum atomic E-state index is 14.3. The Morgan fingerprint density at radius 3 is 1.55 bits per heavy atom. The van der Waals surface area contributed by atoms with Crippen molar-refractivity contribution in [2.75, 3.05) is 22.9 Å². The van der Waals surface area contributed by atoms with Gasteiger partial charge in [0.15, 0.2) is 0 Å². The second-order valence-corrected chi connectivity index (χ2v) is 16.0. The van der Waals surface area contributed by atoms with Crippen molar-refractivity contribution in [2.24, 2.45) is 0 Å². The lowest BCUT2D eigenvalue weighted by molar-refractivity contribution is -0.120. The summed E-state index contributed by atoms with van der Waals surface area (Å²) in [5.41, 5.74) is 4.83. The molecule has 0 bridgehead atoms. The second kappa shape index (κ2) is 18.1. The fourth-order valence-electron chi connectivity index (χ4n) is 6.14. The van der Waals surface area contributed by atoms with Crippen molar-refractivity contribution >= 4 is 82.5 Å². The molecule has 2 atom stereocenters. The van der Waals surface area contributed by atoms with Crippen LogP contribution >= 0.6 is 22.7 Å². The molecule has 0 fully saturated rings. The van der Waals surface area contributed by atoms with Crippen LogP contribution in [0.4, 0.5) is 33.7 Å². The van der Waals surface area contributed by atoms with Crippen LogP contribution in [-0.2, 0) is 32.6 Å². The number of carbonyl (C=O) groups excluding carboxylic acids is 3. The van der Waals surface area contributed by atoms with Crippen LogP contribution < -0.4 is 24.6 Å². The molecule has 2 aromatic heterocycles. The number of urea groups is 1. The number of anilines is 2. The first-order valence-electron chi connectivity index (χ1n) is 17.2. The molecule has 0 radical (unpaired) electrons. The van der Waals surface area contributed by atoms with Crippen molar-refractivity contribution < 1.29 is 40.4 Å². The minimum Gasteiger partial charge on any atom is -0.325 e. The molecule has 6 aromatic rings. The van der Waals surface area contributed by atoms with Gasteiger partial charge in [0.2, 0.25) is 11.8 Å². The summed E-state index contributed by atoms with van der Waals surface area (Å²) in [6.07, 6.45) is 1.72. The molecule has 0 aliphatic heterocycles. The van der Waals surface area contributed by atoms with Crippen LogP contribution in [0.2, 0.25) is 0 Å². The van der Waals surface area contributed by atoms with Gasteiger partial charge in [-0.1, -0.05) is 12.2 Å². The molecule has 0 spiro atoms. The molecular formula is C39H33F4N7O5S3. The molecule has 0 saturated carbocycles. The minimum absolute atomic E-state index is 0.0447. The standard InChI is InChI=1S/C39H33F4N7O5S3/c1-3-9-49(29-5-7-35-31(19-29)44-21-56-35)37(51)33(15-23-11-25(40)17-26(41)12-23)46-39(53)48-58(54,55)47-34(16-24-13-27(42)18-28(43)14-24)38(52)50(10-4-2)30-6-8-36-32(20-30)45-22-57-36/h3-8,11-14,17-22,33-34,47H,1-2,9-10,15-16H2,(H2,46,48,53)/t33-,34-/m0/s1. The van der Waals surface area contributed by atoms with Crippen LogP contribution in [0.5, 0.6) is 0 Å². The first-order valence-corrected chi connectivity index (χ1v) is 20.5. The Bertz CT molecular complexity index is 2600. The van der Waals surface area contributed by atoms with Crippen LogP contribution in [-0.4, -0.2) is 61.4 Å². The number of thiazole rings is 2. The Morgan fingerprint density at radius 2 is 1.10 bits per heavy atom. The fourth-order valence-corrected chi connectivity index (χ4v) is 8.38. The quantitative estimate of drug-likeness (QED) is 0.0737. The van der Waals surface area contributed by atoms with Crippen molar-refractivity contribution in [3.63, 3.8) is 0 Å². The summed E-state index contributed by atoms with van der Waals surface area (Å²) < 4.78 is 89.8. The molecule has 3 N–H and O–H groups in total. The molecule has 0 unspecified atom stereocenters. The largest absolute Gasteiger partial charge is 0.330 e. The number of amides is 4. The molecule has 4 amide bonds. The van der Waals surface area contributed by atoms with E-state index in [1.165, 1.54) is 44.6 Å². The molecule has 0 saturated heterocycles. The van der Waals surface area contributed by atoms with E-state index in [9.17, 15) is 40.4 Å². The Kier molecular flexibility index (Phi) is 13.0. The number of carbonyl (C=O) groups is 3. The first-order chi connectivity index (χ1) is 27.7. The second-order valence-electron chi connectivity index (χ2n) is 12.7. The molecule has 0 aliphatic carbocycles. The van der Waals surface area contributed by atoms with E-state index in [-0.39, 0.29) is 24.2 Å².